The van der Waals surface area contributed by atoms with Crippen molar-refractivity contribution in [1.29, 1.82) is 0 Å². The second-order valence-corrected chi connectivity index (χ2v) is 13.3. The quantitative estimate of drug-likeness (QED) is 0.141. The number of hydrogen-bond acceptors (Lipinski definition) is 8. The van der Waals surface area contributed by atoms with Gasteiger partial charge in [-0.25, -0.2) is 4.79 Å². The standard InChI is InChI=1S/C33H40N4O10S/c1-20(2)48(46)13-12-25(16-28(39)40)35-27(38)18-34-32(44)30(24-14-22-10-6-7-11-23(22)15-24)37-31(43)26(17-29(41)42)36-33(45)47-19-21-8-4-3-5-9-21/h3-13,20,24-26,30H,14-19H2,1-2H3,(H,34,44)(H,35,38)(H,36,45)(H,37,43)(H,39,40)(H,41,42)/b13-12+/t25?,26-,30?,48?/m0/s1. The molecule has 0 fully saturated rings. The average molecular weight is 685 g/mol. The summed E-state index contributed by atoms with van der Waals surface area (Å²) in [6.07, 6.45) is -0.202. The molecule has 0 aliphatic heterocycles. The highest BCUT2D eigenvalue weighted by atomic mass is 32.2. The second-order valence-electron chi connectivity index (χ2n) is 11.5. The average Bonchev–Trinajstić information content (AvgIpc) is 3.47. The van der Waals surface area contributed by atoms with E-state index in [1.807, 2.05) is 24.3 Å². The zero-order valence-electron chi connectivity index (χ0n) is 26.5. The smallest absolute Gasteiger partial charge is 0.408 e. The van der Waals surface area contributed by atoms with Gasteiger partial charge in [-0.15, -0.1) is 0 Å². The van der Waals surface area contributed by atoms with Crippen molar-refractivity contribution in [2.24, 2.45) is 5.92 Å². The molecule has 0 bridgehead atoms. The van der Waals surface area contributed by atoms with Crippen LogP contribution < -0.4 is 21.3 Å². The van der Waals surface area contributed by atoms with Gasteiger partial charge < -0.3 is 36.2 Å². The second kappa shape index (κ2) is 18.3. The first-order valence-electron chi connectivity index (χ1n) is 15.2. The lowest BCUT2D eigenvalue weighted by Gasteiger charge is -2.26. The number of rotatable bonds is 17. The molecule has 1 aliphatic rings. The van der Waals surface area contributed by atoms with Gasteiger partial charge in [0, 0.05) is 21.5 Å². The predicted octanol–water partition coefficient (Wildman–Crippen LogP) is 1.40. The van der Waals surface area contributed by atoms with Gasteiger partial charge in [0.05, 0.1) is 25.4 Å². The maximum Gasteiger partial charge on any atom is 0.408 e. The lowest BCUT2D eigenvalue weighted by atomic mass is 9.95. The lowest BCUT2D eigenvalue weighted by Crippen LogP contribution is -2.57. The molecule has 14 nitrogen and oxygen atoms in total. The van der Waals surface area contributed by atoms with E-state index in [0.29, 0.717) is 18.4 Å². The summed E-state index contributed by atoms with van der Waals surface area (Å²) in [5, 5.41) is 29.5. The summed E-state index contributed by atoms with van der Waals surface area (Å²) in [7, 11) is -1.39. The molecule has 2 aromatic carbocycles. The lowest BCUT2D eigenvalue weighted by molar-refractivity contribution is -0.140. The molecule has 0 saturated heterocycles. The fraction of sp³-hybridized carbons (Fsp3) is 0.394. The fourth-order valence-corrected chi connectivity index (χ4v) is 5.65. The molecular weight excluding hydrogens is 644 g/mol. The Morgan fingerprint density at radius 1 is 0.854 bits per heavy atom. The molecule has 0 radical (unpaired) electrons. The van der Waals surface area contributed by atoms with E-state index in [0.717, 1.165) is 11.1 Å². The van der Waals surface area contributed by atoms with Crippen LogP contribution in [0.1, 0.15) is 43.4 Å². The summed E-state index contributed by atoms with van der Waals surface area (Å²) in [5.41, 5.74) is 2.59. The van der Waals surface area contributed by atoms with Crippen LogP contribution in [0.5, 0.6) is 0 Å². The molecule has 0 spiro atoms. The Hall–Kier alpha value is -5.05. The van der Waals surface area contributed by atoms with Gasteiger partial charge in [0.2, 0.25) is 17.7 Å². The third-order valence-corrected chi connectivity index (χ3v) is 8.76. The van der Waals surface area contributed by atoms with Crippen molar-refractivity contribution < 1.29 is 47.9 Å². The van der Waals surface area contributed by atoms with Crippen LogP contribution in [0.4, 0.5) is 4.79 Å². The minimum absolute atomic E-state index is 0.125. The highest BCUT2D eigenvalue weighted by Crippen LogP contribution is 2.29. The van der Waals surface area contributed by atoms with Crippen LogP contribution in [0, 0.1) is 5.92 Å². The molecule has 4 amide bonds. The summed E-state index contributed by atoms with van der Waals surface area (Å²) in [6, 6.07) is 12.3. The molecule has 3 unspecified atom stereocenters. The normalized spacial score (nSPS) is 15.1. The largest absolute Gasteiger partial charge is 0.481 e. The Balaban J connectivity index is 1.71. The first-order valence-corrected chi connectivity index (χ1v) is 16.5. The Morgan fingerprint density at radius 2 is 1.46 bits per heavy atom. The number of fused-ring (bicyclic) bond motifs is 1. The molecule has 0 heterocycles. The van der Waals surface area contributed by atoms with Crippen LogP contribution in [-0.4, -0.2) is 80.1 Å². The Morgan fingerprint density at radius 3 is 2.04 bits per heavy atom. The minimum Gasteiger partial charge on any atom is -0.481 e. The maximum absolute atomic E-state index is 13.5. The fourth-order valence-electron chi connectivity index (χ4n) is 4.99. The van der Waals surface area contributed by atoms with E-state index in [1.54, 1.807) is 44.2 Å². The van der Waals surface area contributed by atoms with Gasteiger partial charge in [-0.1, -0.05) is 74.5 Å². The van der Waals surface area contributed by atoms with Crippen LogP contribution >= 0.6 is 0 Å². The summed E-state index contributed by atoms with van der Waals surface area (Å²) in [6.45, 7) is 2.73. The number of aliphatic carboxylic acids is 2. The van der Waals surface area contributed by atoms with Gasteiger partial charge in [-0.05, 0) is 35.4 Å². The van der Waals surface area contributed by atoms with E-state index in [4.69, 9.17) is 4.74 Å². The number of nitrogens with one attached hydrogen (secondary N) is 4. The van der Waals surface area contributed by atoms with Crippen molar-refractivity contribution in [2.45, 2.75) is 69.5 Å². The van der Waals surface area contributed by atoms with Gasteiger partial charge in [0.1, 0.15) is 18.7 Å². The number of hydrogen-bond donors (Lipinski definition) is 6. The van der Waals surface area contributed by atoms with Crippen molar-refractivity contribution in [3.05, 3.63) is 82.8 Å². The first kappa shape index (κ1) is 37.4. The van der Waals surface area contributed by atoms with Crippen LogP contribution in [0.2, 0.25) is 0 Å². The minimum atomic E-state index is -1.59. The predicted molar refractivity (Wildman–Crippen MR) is 175 cm³/mol. The van der Waals surface area contributed by atoms with E-state index in [2.05, 4.69) is 21.3 Å². The van der Waals surface area contributed by atoms with Crippen molar-refractivity contribution in [3.8, 4) is 0 Å². The molecule has 1 aliphatic carbocycles. The van der Waals surface area contributed by atoms with Gasteiger partial charge in [0.25, 0.3) is 0 Å². The summed E-state index contributed by atoms with van der Waals surface area (Å²) in [5.74, 6) is -5.49. The third kappa shape index (κ3) is 12.3. The number of carboxylic acids is 2. The molecule has 6 N–H and O–H groups in total. The summed E-state index contributed by atoms with van der Waals surface area (Å²) < 4.78 is 17.2. The zero-order chi connectivity index (χ0) is 35.2. The Kier molecular flexibility index (Phi) is 14.3. The zero-order valence-corrected chi connectivity index (χ0v) is 27.4. The van der Waals surface area contributed by atoms with Gasteiger partial charge in [-0.3, -0.25) is 28.2 Å². The summed E-state index contributed by atoms with van der Waals surface area (Å²) in [4.78, 5) is 75.1. The van der Waals surface area contributed by atoms with Crippen LogP contribution in [-0.2, 0) is 59.0 Å². The van der Waals surface area contributed by atoms with E-state index < -0.39 is 90.0 Å². The Bertz CT molecular complexity index is 1510. The molecule has 258 valence electrons. The van der Waals surface area contributed by atoms with E-state index in [1.165, 1.54) is 11.5 Å². The molecule has 0 aromatic heterocycles. The summed E-state index contributed by atoms with van der Waals surface area (Å²) >= 11 is 0. The number of benzene rings is 2. The molecule has 3 rings (SSSR count). The van der Waals surface area contributed by atoms with Crippen molar-refractivity contribution in [2.75, 3.05) is 6.54 Å². The van der Waals surface area contributed by atoms with Gasteiger partial charge in [-0.2, -0.15) is 0 Å². The highest BCUT2D eigenvalue weighted by Gasteiger charge is 2.36. The monoisotopic (exact) mass is 684 g/mol. The Labute approximate surface area is 280 Å². The number of carbonyl (C=O) groups excluding carboxylic acids is 4. The van der Waals surface area contributed by atoms with Gasteiger partial charge >= 0.3 is 18.0 Å². The molecule has 2 aromatic rings. The maximum atomic E-state index is 13.5. The van der Waals surface area contributed by atoms with Crippen LogP contribution in [0.25, 0.3) is 0 Å². The SMILES string of the molecule is CC(C)S(=O)/C=C/C(CC(=O)O)NC(=O)CNC(=O)C(NC(=O)[C@H](CC(=O)O)NC(=O)OCc1ccccc1)C1Cc2ccccc2C1. The molecular formula is C33H40N4O10S. The van der Waals surface area contributed by atoms with Crippen LogP contribution in [0.15, 0.2) is 66.1 Å². The van der Waals surface area contributed by atoms with E-state index >= 15 is 0 Å². The third-order valence-electron chi connectivity index (χ3n) is 7.41. The molecule has 15 heteroatoms. The number of carboxylic acid groups (broad SMARTS) is 2. The van der Waals surface area contributed by atoms with Crippen molar-refractivity contribution >= 4 is 46.6 Å². The van der Waals surface area contributed by atoms with Gasteiger partial charge in [0.15, 0.2) is 0 Å². The van der Waals surface area contributed by atoms with Crippen molar-refractivity contribution in [3.63, 3.8) is 0 Å². The number of alkyl carbamates (subject to hydrolysis) is 1. The van der Waals surface area contributed by atoms with Crippen molar-refractivity contribution in [1.82, 2.24) is 21.3 Å². The van der Waals surface area contributed by atoms with E-state index in [9.17, 15) is 43.2 Å². The number of carbonyl (C=O) groups is 6. The van der Waals surface area contributed by atoms with E-state index in [-0.39, 0.29) is 11.9 Å². The molecule has 48 heavy (non-hydrogen) atoms. The molecule has 4 atom stereocenters. The van der Waals surface area contributed by atoms with Crippen LogP contribution in [0.3, 0.4) is 0 Å². The molecule has 0 saturated carbocycles. The first-order chi connectivity index (χ1) is 22.8. The number of ether oxygens (including phenoxy) is 1. The highest BCUT2D eigenvalue weighted by molar-refractivity contribution is 7.88. The number of amides is 4. The topological polar surface area (TPSA) is 217 Å².